The van der Waals surface area contributed by atoms with Crippen LogP contribution in [-0.4, -0.2) is 48.8 Å². The Morgan fingerprint density at radius 2 is 2.05 bits per heavy atom. The van der Waals surface area contributed by atoms with E-state index >= 15 is 0 Å². The molecular weight excluding hydrogens is 266 g/mol. The predicted octanol–water partition coefficient (Wildman–Crippen LogP) is 1.50. The minimum atomic E-state index is -0.364. The van der Waals surface area contributed by atoms with Crippen molar-refractivity contribution in [3.63, 3.8) is 0 Å². The van der Waals surface area contributed by atoms with Gasteiger partial charge in [0.2, 0.25) is 0 Å². The fourth-order valence-corrected chi connectivity index (χ4v) is 2.86. The van der Waals surface area contributed by atoms with Gasteiger partial charge in [0.05, 0.1) is 12.6 Å². The summed E-state index contributed by atoms with van der Waals surface area (Å²) in [7, 11) is 4.15. The van der Waals surface area contributed by atoms with Crippen LogP contribution in [-0.2, 0) is 0 Å². The van der Waals surface area contributed by atoms with Gasteiger partial charge in [-0.05, 0) is 38.9 Å². The van der Waals surface area contributed by atoms with Crippen molar-refractivity contribution >= 4 is 6.03 Å². The second-order valence-electron chi connectivity index (χ2n) is 5.89. The van der Waals surface area contributed by atoms with Gasteiger partial charge < -0.3 is 20.6 Å². The van der Waals surface area contributed by atoms with Crippen molar-refractivity contribution in [3.05, 3.63) is 35.9 Å². The zero-order valence-corrected chi connectivity index (χ0v) is 12.7. The molecule has 5 heteroatoms. The molecule has 0 aliphatic heterocycles. The predicted molar refractivity (Wildman–Crippen MR) is 83.1 cm³/mol. The zero-order chi connectivity index (χ0) is 15.2. The van der Waals surface area contributed by atoms with Gasteiger partial charge in [0.1, 0.15) is 0 Å². The maximum absolute atomic E-state index is 12.1. The second kappa shape index (κ2) is 7.43. The van der Waals surface area contributed by atoms with Crippen LogP contribution in [0, 0.1) is 0 Å². The quantitative estimate of drug-likeness (QED) is 0.770. The van der Waals surface area contributed by atoms with Crippen molar-refractivity contribution < 1.29 is 9.90 Å². The van der Waals surface area contributed by atoms with Gasteiger partial charge in [0.15, 0.2) is 0 Å². The summed E-state index contributed by atoms with van der Waals surface area (Å²) in [6, 6.07) is 9.70. The summed E-state index contributed by atoms with van der Waals surface area (Å²) in [5, 5.41) is 15.3. The molecule has 2 amide bonds. The first-order valence-electron chi connectivity index (χ1n) is 7.49. The van der Waals surface area contributed by atoms with E-state index in [1.54, 1.807) is 0 Å². The smallest absolute Gasteiger partial charge is 0.315 e. The fourth-order valence-electron chi connectivity index (χ4n) is 2.86. The van der Waals surface area contributed by atoms with Gasteiger partial charge in [-0.2, -0.15) is 0 Å². The summed E-state index contributed by atoms with van der Waals surface area (Å²) in [5.74, 6) is 0. The average Bonchev–Trinajstić information content (AvgIpc) is 2.94. The molecule has 0 heterocycles. The highest BCUT2D eigenvalue weighted by Gasteiger charge is 2.27. The van der Waals surface area contributed by atoms with Crippen LogP contribution in [0.5, 0.6) is 0 Å². The third-order valence-corrected chi connectivity index (χ3v) is 4.16. The number of aliphatic hydroxyl groups is 1. The third-order valence-electron chi connectivity index (χ3n) is 4.16. The molecule has 1 aliphatic carbocycles. The Morgan fingerprint density at radius 1 is 1.33 bits per heavy atom. The van der Waals surface area contributed by atoms with E-state index in [0.717, 1.165) is 24.8 Å². The van der Waals surface area contributed by atoms with Crippen LogP contribution in [0.3, 0.4) is 0 Å². The Bertz CT molecular complexity index is 450. The molecule has 1 aromatic rings. The highest BCUT2D eigenvalue weighted by atomic mass is 16.3. The van der Waals surface area contributed by atoms with Gasteiger partial charge in [-0.3, -0.25) is 0 Å². The summed E-state index contributed by atoms with van der Waals surface area (Å²) >= 11 is 0. The topological polar surface area (TPSA) is 64.6 Å². The molecule has 0 saturated heterocycles. The van der Waals surface area contributed by atoms with Crippen LogP contribution in [0.2, 0.25) is 0 Å². The first-order valence-corrected chi connectivity index (χ1v) is 7.49. The lowest BCUT2D eigenvalue weighted by Gasteiger charge is -2.21. The van der Waals surface area contributed by atoms with Gasteiger partial charge >= 0.3 is 6.03 Å². The Morgan fingerprint density at radius 3 is 2.62 bits per heavy atom. The molecule has 3 atom stereocenters. The summed E-state index contributed by atoms with van der Waals surface area (Å²) in [5.41, 5.74) is 0.910. The maximum Gasteiger partial charge on any atom is 0.315 e. The maximum atomic E-state index is 12.1. The summed E-state index contributed by atoms with van der Waals surface area (Å²) in [6.07, 6.45) is 3.10. The second-order valence-corrected chi connectivity index (χ2v) is 5.89. The molecule has 1 fully saturated rings. The molecule has 21 heavy (non-hydrogen) atoms. The highest BCUT2D eigenvalue weighted by molar-refractivity contribution is 5.74. The SMILES string of the molecule is CN(C)[C@@H]1CC[C@H](NC(=O)N[C@H](CO)c2ccccc2)C1. The van der Waals surface area contributed by atoms with Crippen molar-refractivity contribution in [3.8, 4) is 0 Å². The van der Waals surface area contributed by atoms with E-state index in [1.165, 1.54) is 0 Å². The minimum absolute atomic E-state index is 0.109. The summed E-state index contributed by atoms with van der Waals surface area (Å²) in [6.45, 7) is -0.109. The third kappa shape index (κ3) is 4.44. The summed E-state index contributed by atoms with van der Waals surface area (Å²) < 4.78 is 0. The molecule has 116 valence electrons. The molecule has 0 spiro atoms. The van der Waals surface area contributed by atoms with Gasteiger partial charge in [0, 0.05) is 12.1 Å². The lowest BCUT2D eigenvalue weighted by molar-refractivity contribution is 0.213. The van der Waals surface area contributed by atoms with Crippen LogP contribution >= 0.6 is 0 Å². The standard InChI is InChI=1S/C16H25N3O2/c1-19(2)14-9-8-13(10-14)17-16(21)18-15(11-20)12-6-4-3-5-7-12/h3-7,13-15,20H,8-11H2,1-2H3,(H2,17,18,21)/t13-,14+,15+/m0/s1. The number of amides is 2. The van der Waals surface area contributed by atoms with Crippen LogP contribution in [0.1, 0.15) is 30.9 Å². The summed E-state index contributed by atoms with van der Waals surface area (Å²) in [4.78, 5) is 14.3. The van der Waals surface area contributed by atoms with E-state index in [9.17, 15) is 9.90 Å². The molecule has 0 bridgehead atoms. The van der Waals surface area contributed by atoms with E-state index in [-0.39, 0.29) is 24.7 Å². The Hall–Kier alpha value is -1.59. The molecule has 1 aromatic carbocycles. The number of nitrogens with one attached hydrogen (secondary N) is 2. The van der Waals surface area contributed by atoms with Gasteiger partial charge in [-0.25, -0.2) is 4.79 Å². The minimum Gasteiger partial charge on any atom is -0.394 e. The van der Waals surface area contributed by atoms with E-state index in [1.807, 2.05) is 30.3 Å². The van der Waals surface area contributed by atoms with E-state index < -0.39 is 0 Å². The monoisotopic (exact) mass is 291 g/mol. The van der Waals surface area contributed by atoms with Crippen molar-refractivity contribution in [2.45, 2.75) is 37.4 Å². The van der Waals surface area contributed by atoms with E-state index in [2.05, 4.69) is 29.6 Å². The molecular formula is C16H25N3O2. The molecule has 1 saturated carbocycles. The number of hydrogen-bond donors (Lipinski definition) is 3. The van der Waals surface area contributed by atoms with Crippen molar-refractivity contribution in [2.24, 2.45) is 0 Å². The van der Waals surface area contributed by atoms with Crippen LogP contribution in [0.4, 0.5) is 4.79 Å². The average molecular weight is 291 g/mol. The number of carbonyl (C=O) groups excluding carboxylic acids is 1. The number of rotatable bonds is 5. The van der Waals surface area contributed by atoms with E-state index in [4.69, 9.17) is 0 Å². The normalized spacial score (nSPS) is 23.0. The van der Waals surface area contributed by atoms with Crippen LogP contribution < -0.4 is 10.6 Å². The molecule has 0 unspecified atom stereocenters. The zero-order valence-electron chi connectivity index (χ0n) is 12.7. The van der Waals surface area contributed by atoms with Crippen LogP contribution in [0.15, 0.2) is 30.3 Å². The fraction of sp³-hybridized carbons (Fsp3) is 0.562. The van der Waals surface area contributed by atoms with Crippen molar-refractivity contribution in [2.75, 3.05) is 20.7 Å². The molecule has 0 radical (unpaired) electrons. The van der Waals surface area contributed by atoms with Crippen molar-refractivity contribution in [1.82, 2.24) is 15.5 Å². The number of aliphatic hydroxyl groups excluding tert-OH is 1. The van der Waals surface area contributed by atoms with Crippen molar-refractivity contribution in [1.29, 1.82) is 0 Å². The largest absolute Gasteiger partial charge is 0.394 e. The Balaban J connectivity index is 1.84. The number of carbonyl (C=O) groups is 1. The molecule has 5 nitrogen and oxygen atoms in total. The number of nitrogens with zero attached hydrogens (tertiary/aromatic N) is 1. The molecule has 1 aliphatic rings. The van der Waals surface area contributed by atoms with E-state index in [0.29, 0.717) is 6.04 Å². The molecule has 2 rings (SSSR count). The highest BCUT2D eigenvalue weighted by Crippen LogP contribution is 2.22. The lowest BCUT2D eigenvalue weighted by atomic mass is 10.1. The lowest BCUT2D eigenvalue weighted by Crippen LogP contribution is -2.44. The van der Waals surface area contributed by atoms with Gasteiger partial charge in [-0.1, -0.05) is 30.3 Å². The molecule has 0 aromatic heterocycles. The number of hydrogen-bond acceptors (Lipinski definition) is 3. The van der Waals surface area contributed by atoms with Crippen LogP contribution in [0.25, 0.3) is 0 Å². The molecule has 3 N–H and O–H groups in total. The Labute approximate surface area is 126 Å². The first-order chi connectivity index (χ1) is 10.1. The Kier molecular flexibility index (Phi) is 5.59. The number of benzene rings is 1. The van der Waals surface area contributed by atoms with Gasteiger partial charge in [0.25, 0.3) is 0 Å². The first kappa shape index (κ1) is 15.8. The number of urea groups is 1. The van der Waals surface area contributed by atoms with Gasteiger partial charge in [-0.15, -0.1) is 0 Å².